The predicted octanol–water partition coefficient (Wildman–Crippen LogP) is 1.58. The molecule has 0 saturated heterocycles. The van der Waals surface area contributed by atoms with Gasteiger partial charge in [0.2, 0.25) is 5.95 Å². The van der Waals surface area contributed by atoms with Gasteiger partial charge in [-0.3, -0.25) is 9.36 Å². The highest BCUT2D eigenvalue weighted by molar-refractivity contribution is 8.00. The molecule has 0 N–H and O–H groups in total. The van der Waals surface area contributed by atoms with E-state index < -0.39 is 0 Å². The van der Waals surface area contributed by atoms with Gasteiger partial charge in [0, 0.05) is 20.1 Å². The van der Waals surface area contributed by atoms with Crippen molar-refractivity contribution in [3.63, 3.8) is 0 Å². The van der Waals surface area contributed by atoms with Gasteiger partial charge in [0.1, 0.15) is 5.25 Å². The molecular formula is C11H20N4O2S. The number of carbonyl (C=O) groups excluding carboxylic acids is 1. The van der Waals surface area contributed by atoms with Crippen molar-refractivity contribution in [3.8, 4) is 0 Å². The quantitative estimate of drug-likeness (QED) is 0.599. The van der Waals surface area contributed by atoms with Crippen LogP contribution in [-0.2, 0) is 9.53 Å². The molecule has 1 aromatic heterocycles. The number of methoxy groups -OCH3 is 1. The molecule has 0 amide bonds. The minimum absolute atomic E-state index is 0.227. The molecule has 0 bridgehead atoms. The first-order chi connectivity index (χ1) is 8.38. The number of anilines is 1. The number of esters is 1. The summed E-state index contributed by atoms with van der Waals surface area (Å²) >= 11 is 1.36. The van der Waals surface area contributed by atoms with Crippen molar-refractivity contribution in [1.29, 1.82) is 0 Å². The Morgan fingerprint density at radius 1 is 1.33 bits per heavy atom. The number of aromatic nitrogens is 3. The third kappa shape index (κ3) is 3.16. The van der Waals surface area contributed by atoms with E-state index in [1.54, 1.807) is 6.92 Å². The fraction of sp³-hybridized carbons (Fsp3) is 0.727. The Morgan fingerprint density at radius 3 is 2.39 bits per heavy atom. The van der Waals surface area contributed by atoms with Crippen molar-refractivity contribution in [3.05, 3.63) is 0 Å². The lowest BCUT2D eigenvalue weighted by Gasteiger charge is -2.18. The average Bonchev–Trinajstić information content (AvgIpc) is 2.71. The van der Waals surface area contributed by atoms with Crippen LogP contribution < -0.4 is 4.90 Å². The summed E-state index contributed by atoms with van der Waals surface area (Å²) < 4.78 is 6.72. The average molecular weight is 272 g/mol. The van der Waals surface area contributed by atoms with Crippen molar-refractivity contribution in [2.45, 2.75) is 37.2 Å². The van der Waals surface area contributed by atoms with Gasteiger partial charge in [-0.15, -0.1) is 10.2 Å². The zero-order valence-electron chi connectivity index (χ0n) is 11.7. The molecule has 102 valence electrons. The standard InChI is InChI=1S/C11H20N4O2S/c1-7(2)15-10(14(4)5)12-13-11(15)18-8(3)9(16)17-6/h7-8H,1-6H3. The normalized spacial score (nSPS) is 12.6. The second-order valence-corrected chi connectivity index (χ2v) is 5.73. The monoisotopic (exact) mass is 272 g/mol. The van der Waals surface area contributed by atoms with Gasteiger partial charge < -0.3 is 9.64 Å². The number of thioether (sulfide) groups is 1. The molecule has 0 radical (unpaired) electrons. The lowest BCUT2D eigenvalue weighted by atomic mass is 10.4. The van der Waals surface area contributed by atoms with E-state index in [1.807, 2.05) is 23.6 Å². The third-order valence-electron chi connectivity index (χ3n) is 2.38. The summed E-state index contributed by atoms with van der Waals surface area (Å²) in [6, 6.07) is 0.227. The third-order valence-corrected chi connectivity index (χ3v) is 3.41. The Morgan fingerprint density at radius 2 is 1.94 bits per heavy atom. The number of ether oxygens (including phenoxy) is 1. The molecule has 7 heteroatoms. The first-order valence-electron chi connectivity index (χ1n) is 5.75. The maximum atomic E-state index is 11.4. The summed E-state index contributed by atoms with van der Waals surface area (Å²) in [7, 11) is 5.22. The molecule has 1 aromatic rings. The van der Waals surface area contributed by atoms with Crippen LogP contribution in [0.15, 0.2) is 5.16 Å². The summed E-state index contributed by atoms with van der Waals surface area (Å²) in [5.41, 5.74) is 0. The Balaban J connectivity index is 2.99. The van der Waals surface area contributed by atoms with E-state index in [-0.39, 0.29) is 17.3 Å². The fourth-order valence-corrected chi connectivity index (χ4v) is 2.48. The first kappa shape index (κ1) is 14.8. The summed E-state index contributed by atoms with van der Waals surface area (Å²) in [5, 5.41) is 8.71. The highest BCUT2D eigenvalue weighted by Gasteiger charge is 2.22. The maximum absolute atomic E-state index is 11.4. The molecule has 0 aliphatic heterocycles. The lowest BCUT2D eigenvalue weighted by molar-refractivity contribution is -0.139. The van der Waals surface area contributed by atoms with E-state index in [0.29, 0.717) is 0 Å². The van der Waals surface area contributed by atoms with Crippen molar-refractivity contribution in [1.82, 2.24) is 14.8 Å². The van der Waals surface area contributed by atoms with Crippen molar-refractivity contribution >= 4 is 23.7 Å². The summed E-state index contributed by atoms with van der Waals surface area (Å²) in [6.45, 7) is 5.91. The van der Waals surface area contributed by atoms with E-state index >= 15 is 0 Å². The van der Waals surface area contributed by atoms with Gasteiger partial charge in [0.05, 0.1) is 7.11 Å². The molecule has 1 atom stereocenters. The number of rotatable bonds is 5. The smallest absolute Gasteiger partial charge is 0.318 e. The molecule has 0 aromatic carbocycles. The lowest BCUT2D eigenvalue weighted by Crippen LogP contribution is -2.19. The molecule has 18 heavy (non-hydrogen) atoms. The highest BCUT2D eigenvalue weighted by atomic mass is 32.2. The first-order valence-corrected chi connectivity index (χ1v) is 6.63. The van der Waals surface area contributed by atoms with Crippen LogP contribution in [0.2, 0.25) is 0 Å². The van der Waals surface area contributed by atoms with Gasteiger partial charge in [-0.25, -0.2) is 0 Å². The minimum atomic E-state index is -0.299. The minimum Gasteiger partial charge on any atom is -0.468 e. The van der Waals surface area contributed by atoms with E-state index in [0.717, 1.165) is 11.1 Å². The van der Waals surface area contributed by atoms with Crippen LogP contribution in [0.4, 0.5) is 5.95 Å². The van der Waals surface area contributed by atoms with Crippen LogP contribution in [0.1, 0.15) is 26.8 Å². The summed E-state index contributed by atoms with van der Waals surface area (Å²) in [5.74, 6) is 0.522. The number of nitrogens with zero attached hydrogens (tertiary/aromatic N) is 4. The molecule has 1 unspecified atom stereocenters. The molecule has 1 heterocycles. The molecule has 0 aliphatic rings. The Bertz CT molecular complexity index is 417. The van der Waals surface area contributed by atoms with Crippen LogP contribution in [0, 0.1) is 0 Å². The van der Waals surface area contributed by atoms with E-state index in [9.17, 15) is 4.79 Å². The zero-order valence-corrected chi connectivity index (χ0v) is 12.5. The molecule has 1 rings (SSSR count). The van der Waals surface area contributed by atoms with Crippen LogP contribution in [-0.4, -0.2) is 47.2 Å². The topological polar surface area (TPSA) is 60.2 Å². The van der Waals surface area contributed by atoms with E-state index in [1.165, 1.54) is 18.9 Å². The van der Waals surface area contributed by atoms with Crippen molar-refractivity contribution in [2.75, 3.05) is 26.1 Å². The predicted molar refractivity (Wildman–Crippen MR) is 72.1 cm³/mol. The fourth-order valence-electron chi connectivity index (χ4n) is 1.48. The molecule has 0 saturated carbocycles. The molecule has 0 fully saturated rings. The Kier molecular flexibility index (Phi) is 5.01. The Labute approximate surface area is 112 Å². The van der Waals surface area contributed by atoms with Gasteiger partial charge in [0.15, 0.2) is 5.16 Å². The van der Waals surface area contributed by atoms with Gasteiger partial charge in [0.25, 0.3) is 0 Å². The molecule has 6 nitrogen and oxygen atoms in total. The maximum Gasteiger partial charge on any atom is 0.318 e. The van der Waals surface area contributed by atoms with Gasteiger partial charge in [-0.1, -0.05) is 11.8 Å². The highest BCUT2D eigenvalue weighted by Crippen LogP contribution is 2.28. The van der Waals surface area contributed by atoms with Crippen LogP contribution in [0.3, 0.4) is 0 Å². The molecule has 0 aliphatic carbocycles. The Hall–Kier alpha value is -1.24. The second-order valence-electron chi connectivity index (χ2n) is 4.42. The largest absolute Gasteiger partial charge is 0.468 e. The molecular weight excluding hydrogens is 252 g/mol. The molecule has 0 spiro atoms. The van der Waals surface area contributed by atoms with Crippen molar-refractivity contribution < 1.29 is 9.53 Å². The van der Waals surface area contributed by atoms with Crippen molar-refractivity contribution in [2.24, 2.45) is 0 Å². The summed E-state index contributed by atoms with van der Waals surface area (Å²) in [6.07, 6.45) is 0. The SMILES string of the molecule is COC(=O)C(C)Sc1nnc(N(C)C)n1C(C)C. The van der Waals surface area contributed by atoms with Gasteiger partial charge in [-0.05, 0) is 20.8 Å². The van der Waals surface area contributed by atoms with Gasteiger partial charge in [-0.2, -0.15) is 0 Å². The van der Waals surface area contributed by atoms with Crippen LogP contribution >= 0.6 is 11.8 Å². The van der Waals surface area contributed by atoms with E-state index in [4.69, 9.17) is 4.74 Å². The van der Waals surface area contributed by atoms with Crippen LogP contribution in [0.5, 0.6) is 0 Å². The zero-order chi connectivity index (χ0) is 13.9. The summed E-state index contributed by atoms with van der Waals surface area (Å²) in [4.78, 5) is 13.3. The number of hydrogen-bond acceptors (Lipinski definition) is 6. The number of hydrogen-bond donors (Lipinski definition) is 0. The second kappa shape index (κ2) is 6.08. The number of carbonyl (C=O) groups is 1. The van der Waals surface area contributed by atoms with Gasteiger partial charge >= 0.3 is 5.97 Å². The van der Waals surface area contributed by atoms with E-state index in [2.05, 4.69) is 24.0 Å². The van der Waals surface area contributed by atoms with Crippen LogP contribution in [0.25, 0.3) is 0 Å².